The first-order chi connectivity index (χ1) is 10.5. The van der Waals surface area contributed by atoms with Crippen molar-refractivity contribution in [3.05, 3.63) is 64.1 Å². The van der Waals surface area contributed by atoms with Crippen molar-refractivity contribution in [2.75, 3.05) is 11.9 Å². The minimum atomic E-state index is -1.04. The van der Waals surface area contributed by atoms with Crippen molar-refractivity contribution in [1.29, 1.82) is 0 Å². The standard InChI is InChI=1S/C15H10BrF2NO3/c16-9-2-1-3-11(6-9)19-14(20)8-22-15(21)12-5-4-10(17)7-13(12)18/h1-7H,8H2,(H,19,20). The number of halogens is 3. The highest BCUT2D eigenvalue weighted by Gasteiger charge is 2.15. The molecule has 0 heterocycles. The molecule has 4 nitrogen and oxygen atoms in total. The van der Waals surface area contributed by atoms with Gasteiger partial charge in [0.25, 0.3) is 5.91 Å². The first-order valence-corrected chi connectivity index (χ1v) is 6.92. The van der Waals surface area contributed by atoms with Gasteiger partial charge in [-0.2, -0.15) is 0 Å². The molecule has 0 aliphatic carbocycles. The number of carbonyl (C=O) groups is 2. The van der Waals surface area contributed by atoms with Gasteiger partial charge < -0.3 is 10.1 Å². The van der Waals surface area contributed by atoms with Crippen LogP contribution in [0.5, 0.6) is 0 Å². The summed E-state index contributed by atoms with van der Waals surface area (Å²) in [5, 5.41) is 2.51. The number of nitrogens with one attached hydrogen (secondary N) is 1. The predicted octanol–water partition coefficient (Wildman–Crippen LogP) is 3.52. The monoisotopic (exact) mass is 369 g/mol. The fourth-order valence-electron chi connectivity index (χ4n) is 1.63. The van der Waals surface area contributed by atoms with Crippen molar-refractivity contribution >= 4 is 33.5 Å². The van der Waals surface area contributed by atoms with Crippen molar-refractivity contribution in [2.45, 2.75) is 0 Å². The van der Waals surface area contributed by atoms with Gasteiger partial charge in [-0.1, -0.05) is 22.0 Å². The van der Waals surface area contributed by atoms with E-state index < -0.39 is 35.7 Å². The van der Waals surface area contributed by atoms with Crippen LogP contribution in [0.1, 0.15) is 10.4 Å². The molecule has 1 N–H and O–H groups in total. The Morgan fingerprint density at radius 2 is 1.91 bits per heavy atom. The zero-order valence-corrected chi connectivity index (χ0v) is 12.7. The molecule has 2 aromatic carbocycles. The number of benzene rings is 2. The molecular formula is C15H10BrF2NO3. The summed E-state index contributed by atoms with van der Waals surface area (Å²) >= 11 is 3.25. The van der Waals surface area contributed by atoms with E-state index in [0.717, 1.165) is 16.6 Å². The lowest BCUT2D eigenvalue weighted by Gasteiger charge is -2.07. The Hall–Kier alpha value is -2.28. The quantitative estimate of drug-likeness (QED) is 0.838. The third-order valence-electron chi connectivity index (χ3n) is 2.59. The van der Waals surface area contributed by atoms with E-state index in [2.05, 4.69) is 26.0 Å². The molecule has 1 amide bonds. The number of carbonyl (C=O) groups excluding carboxylic acids is 2. The van der Waals surface area contributed by atoms with E-state index in [1.165, 1.54) is 0 Å². The van der Waals surface area contributed by atoms with Gasteiger partial charge in [0.1, 0.15) is 11.6 Å². The molecule has 0 atom stereocenters. The van der Waals surface area contributed by atoms with E-state index in [9.17, 15) is 18.4 Å². The van der Waals surface area contributed by atoms with Gasteiger partial charge in [0.05, 0.1) is 5.56 Å². The highest BCUT2D eigenvalue weighted by atomic mass is 79.9. The van der Waals surface area contributed by atoms with Gasteiger partial charge >= 0.3 is 5.97 Å². The van der Waals surface area contributed by atoms with Gasteiger partial charge in [-0.3, -0.25) is 4.79 Å². The van der Waals surface area contributed by atoms with E-state index in [-0.39, 0.29) is 0 Å². The number of hydrogen-bond acceptors (Lipinski definition) is 3. The molecule has 2 aromatic rings. The Morgan fingerprint density at radius 3 is 2.59 bits per heavy atom. The zero-order valence-electron chi connectivity index (χ0n) is 11.1. The third kappa shape index (κ3) is 4.36. The molecule has 0 bridgehead atoms. The lowest BCUT2D eigenvalue weighted by molar-refractivity contribution is -0.119. The van der Waals surface area contributed by atoms with E-state index in [1.54, 1.807) is 24.3 Å². The average Bonchev–Trinajstić information content (AvgIpc) is 2.45. The average molecular weight is 370 g/mol. The number of rotatable bonds is 4. The molecule has 0 fully saturated rings. The lowest BCUT2D eigenvalue weighted by atomic mass is 10.2. The molecule has 0 spiro atoms. The highest BCUT2D eigenvalue weighted by Crippen LogP contribution is 2.15. The summed E-state index contributed by atoms with van der Waals surface area (Å²) in [6.45, 7) is -0.581. The normalized spacial score (nSPS) is 10.1. The maximum Gasteiger partial charge on any atom is 0.341 e. The summed E-state index contributed by atoms with van der Waals surface area (Å²) in [4.78, 5) is 23.3. The second kappa shape index (κ2) is 7.13. The van der Waals surface area contributed by atoms with Crippen molar-refractivity contribution in [1.82, 2.24) is 0 Å². The molecular weight excluding hydrogens is 360 g/mol. The van der Waals surface area contributed by atoms with Crippen molar-refractivity contribution in [2.24, 2.45) is 0 Å². The van der Waals surface area contributed by atoms with Crippen LogP contribution in [0.25, 0.3) is 0 Å². The second-order valence-corrected chi connectivity index (χ2v) is 5.17. The van der Waals surface area contributed by atoms with Crippen LogP contribution < -0.4 is 5.32 Å². The van der Waals surface area contributed by atoms with Gasteiger partial charge in [0.2, 0.25) is 0 Å². The third-order valence-corrected chi connectivity index (χ3v) is 3.09. The molecule has 2 rings (SSSR count). The largest absolute Gasteiger partial charge is 0.452 e. The van der Waals surface area contributed by atoms with Crippen LogP contribution in [0.3, 0.4) is 0 Å². The van der Waals surface area contributed by atoms with Crippen molar-refractivity contribution in [3.8, 4) is 0 Å². The number of hydrogen-bond donors (Lipinski definition) is 1. The summed E-state index contributed by atoms with van der Waals surface area (Å²) in [5.41, 5.74) is 0.0834. The van der Waals surface area contributed by atoms with E-state index >= 15 is 0 Å². The fourth-order valence-corrected chi connectivity index (χ4v) is 2.03. The molecule has 0 radical (unpaired) electrons. The summed E-state index contributed by atoms with van der Waals surface area (Å²) in [6, 6.07) is 9.29. The van der Waals surface area contributed by atoms with Gasteiger partial charge in [-0.15, -0.1) is 0 Å². The minimum Gasteiger partial charge on any atom is -0.452 e. The van der Waals surface area contributed by atoms with Crippen LogP contribution in [0.15, 0.2) is 46.9 Å². The Balaban J connectivity index is 1.92. The number of anilines is 1. The topological polar surface area (TPSA) is 55.4 Å². The van der Waals surface area contributed by atoms with E-state index in [4.69, 9.17) is 0 Å². The number of amides is 1. The van der Waals surface area contributed by atoms with Crippen LogP contribution in [0.4, 0.5) is 14.5 Å². The minimum absolute atomic E-state index is 0.434. The van der Waals surface area contributed by atoms with Gasteiger partial charge in [0.15, 0.2) is 6.61 Å². The number of ether oxygens (including phenoxy) is 1. The maximum atomic E-state index is 13.4. The predicted molar refractivity (Wildman–Crippen MR) is 79.4 cm³/mol. The van der Waals surface area contributed by atoms with Crippen LogP contribution >= 0.6 is 15.9 Å². The SMILES string of the molecule is O=C(COC(=O)c1ccc(F)cc1F)Nc1cccc(Br)c1. The van der Waals surface area contributed by atoms with Crippen LogP contribution in [-0.2, 0) is 9.53 Å². The molecule has 0 aliphatic heterocycles. The second-order valence-electron chi connectivity index (χ2n) is 4.26. The molecule has 0 aromatic heterocycles. The fraction of sp³-hybridized carbons (Fsp3) is 0.0667. The Morgan fingerprint density at radius 1 is 1.14 bits per heavy atom. The van der Waals surface area contributed by atoms with E-state index in [0.29, 0.717) is 11.8 Å². The molecule has 22 heavy (non-hydrogen) atoms. The lowest BCUT2D eigenvalue weighted by Crippen LogP contribution is -2.21. The van der Waals surface area contributed by atoms with Crippen LogP contribution in [0.2, 0.25) is 0 Å². The molecule has 0 aliphatic rings. The molecule has 0 saturated carbocycles. The summed E-state index contributed by atoms with van der Waals surface area (Å²) in [7, 11) is 0. The van der Waals surface area contributed by atoms with Crippen LogP contribution in [0, 0.1) is 11.6 Å². The molecule has 7 heteroatoms. The summed E-state index contributed by atoms with van der Waals surface area (Å²) in [6.07, 6.45) is 0. The van der Waals surface area contributed by atoms with Gasteiger partial charge in [0, 0.05) is 16.2 Å². The molecule has 0 saturated heterocycles. The van der Waals surface area contributed by atoms with Crippen LogP contribution in [-0.4, -0.2) is 18.5 Å². The summed E-state index contributed by atoms with van der Waals surface area (Å²) < 4.78 is 31.6. The first-order valence-electron chi connectivity index (χ1n) is 6.13. The first kappa shape index (κ1) is 16.1. The Kier molecular flexibility index (Phi) is 5.21. The smallest absolute Gasteiger partial charge is 0.341 e. The molecule has 0 unspecified atom stereocenters. The molecule has 114 valence electrons. The van der Waals surface area contributed by atoms with Crippen molar-refractivity contribution in [3.63, 3.8) is 0 Å². The summed E-state index contributed by atoms with van der Waals surface area (Å²) in [5.74, 6) is -3.46. The Bertz CT molecular complexity index is 722. The van der Waals surface area contributed by atoms with Gasteiger partial charge in [-0.05, 0) is 30.3 Å². The maximum absolute atomic E-state index is 13.4. The van der Waals surface area contributed by atoms with Crippen molar-refractivity contribution < 1.29 is 23.1 Å². The van der Waals surface area contributed by atoms with E-state index in [1.807, 2.05) is 0 Å². The highest BCUT2D eigenvalue weighted by molar-refractivity contribution is 9.10. The zero-order chi connectivity index (χ0) is 16.1. The number of esters is 1. The Labute approximate surface area is 133 Å². The van der Waals surface area contributed by atoms with Gasteiger partial charge in [-0.25, -0.2) is 13.6 Å².